The van der Waals surface area contributed by atoms with Crippen LogP contribution < -0.4 is 0 Å². The molecule has 0 saturated carbocycles. The second kappa shape index (κ2) is 11.0. The van der Waals surface area contributed by atoms with E-state index in [1.54, 1.807) is 30.3 Å². The van der Waals surface area contributed by atoms with Crippen LogP contribution in [0.5, 0.6) is 0 Å². The number of nitrogens with zero attached hydrogens (tertiary/aromatic N) is 2. The molecule has 2 N–H and O–H groups in total. The van der Waals surface area contributed by atoms with Crippen LogP contribution in [0.1, 0.15) is 42.9 Å². The third-order valence-corrected chi connectivity index (χ3v) is 5.51. The number of amides is 1. The summed E-state index contributed by atoms with van der Waals surface area (Å²) in [7, 11) is 0. The zero-order valence-corrected chi connectivity index (χ0v) is 18.3. The molecule has 0 aromatic heterocycles. The topological polar surface area (TPSA) is 138 Å². The van der Waals surface area contributed by atoms with Crippen molar-refractivity contribution in [2.75, 3.05) is 6.54 Å². The van der Waals surface area contributed by atoms with E-state index in [1.165, 1.54) is 35.3 Å². The average Bonchev–Trinajstić information content (AvgIpc) is 3.07. The number of carbonyl (C=O) groups is 3. The minimum absolute atomic E-state index is 0.0148. The highest BCUT2D eigenvalue weighted by Gasteiger charge is 2.44. The molecule has 1 amide bonds. The summed E-state index contributed by atoms with van der Waals surface area (Å²) in [4.78, 5) is 49.1. The number of nitro groups is 1. The van der Waals surface area contributed by atoms with Crippen molar-refractivity contribution in [1.29, 1.82) is 0 Å². The number of carboxylic acid groups (broad SMARTS) is 1. The number of unbranched alkanes of at least 4 members (excludes halogenated alkanes) is 2. The molecule has 1 atom stereocenters. The molecule has 9 heteroatoms. The maximum Gasteiger partial charge on any atom is 0.303 e. The van der Waals surface area contributed by atoms with Crippen LogP contribution >= 0.6 is 0 Å². The Morgan fingerprint density at radius 2 is 1.71 bits per heavy atom. The van der Waals surface area contributed by atoms with Crippen molar-refractivity contribution in [2.45, 2.75) is 31.7 Å². The van der Waals surface area contributed by atoms with Crippen LogP contribution in [0, 0.1) is 10.1 Å². The van der Waals surface area contributed by atoms with Crippen LogP contribution in [0.2, 0.25) is 0 Å². The summed E-state index contributed by atoms with van der Waals surface area (Å²) in [5, 5.41) is 31.1. The Morgan fingerprint density at radius 1 is 1.03 bits per heavy atom. The minimum Gasteiger partial charge on any atom is -0.503 e. The third-order valence-electron chi connectivity index (χ3n) is 5.51. The number of hydrogen-bond acceptors (Lipinski definition) is 6. The number of hydrogen-bond donors (Lipinski definition) is 2. The molecule has 34 heavy (non-hydrogen) atoms. The number of carbonyl (C=O) groups excluding carboxylic acids is 2. The number of rotatable bonds is 11. The smallest absolute Gasteiger partial charge is 0.303 e. The number of allylic oxidation sites excluding steroid dienone is 1. The number of para-hydroxylation sites is 1. The second-order valence-corrected chi connectivity index (χ2v) is 7.79. The number of benzene rings is 2. The minimum atomic E-state index is -1.14. The molecule has 0 radical (unpaired) electrons. The summed E-state index contributed by atoms with van der Waals surface area (Å²) in [6.07, 6.45) is 4.06. The van der Waals surface area contributed by atoms with E-state index in [0.717, 1.165) is 5.56 Å². The van der Waals surface area contributed by atoms with Gasteiger partial charge in [0.15, 0.2) is 11.5 Å². The van der Waals surface area contributed by atoms with E-state index in [9.17, 15) is 29.6 Å². The lowest BCUT2D eigenvalue weighted by Crippen LogP contribution is -2.32. The van der Waals surface area contributed by atoms with Gasteiger partial charge < -0.3 is 15.1 Å². The zero-order valence-electron chi connectivity index (χ0n) is 18.3. The van der Waals surface area contributed by atoms with Crippen LogP contribution in [-0.4, -0.2) is 44.2 Å². The first kappa shape index (κ1) is 24.4. The molecule has 3 rings (SSSR count). The highest BCUT2D eigenvalue weighted by atomic mass is 16.6. The molecule has 2 aromatic rings. The number of aliphatic carboxylic acids is 1. The Hall–Kier alpha value is -4.27. The molecule has 2 aromatic carbocycles. The fourth-order valence-corrected chi connectivity index (χ4v) is 3.91. The molecule has 1 aliphatic heterocycles. The van der Waals surface area contributed by atoms with E-state index >= 15 is 0 Å². The molecule has 176 valence electrons. The number of aliphatic hydroxyl groups excluding tert-OH is 1. The summed E-state index contributed by atoms with van der Waals surface area (Å²) in [5.74, 6) is -3.09. The SMILES string of the molecule is O=C(O)CCCCCN1C(=O)C(O)=C(C(=O)/C=C/c2ccccc2)[C@@H]1c1ccccc1[N+](=O)[O-]. The van der Waals surface area contributed by atoms with Crippen molar-refractivity contribution in [2.24, 2.45) is 0 Å². The molecule has 9 nitrogen and oxygen atoms in total. The summed E-state index contributed by atoms with van der Waals surface area (Å²) in [5.41, 5.74) is 0.352. The summed E-state index contributed by atoms with van der Waals surface area (Å²) >= 11 is 0. The lowest BCUT2D eigenvalue weighted by Gasteiger charge is -2.26. The summed E-state index contributed by atoms with van der Waals surface area (Å²) in [6, 6.07) is 13.6. The zero-order chi connectivity index (χ0) is 24.7. The average molecular weight is 464 g/mol. The van der Waals surface area contributed by atoms with Gasteiger partial charge in [-0.2, -0.15) is 0 Å². The van der Waals surface area contributed by atoms with Gasteiger partial charge >= 0.3 is 5.97 Å². The molecule has 0 bridgehead atoms. The van der Waals surface area contributed by atoms with Crippen LogP contribution in [0.3, 0.4) is 0 Å². The quantitative estimate of drug-likeness (QED) is 0.220. The molecule has 1 heterocycles. The third kappa shape index (κ3) is 5.55. The molecular weight excluding hydrogens is 440 g/mol. The van der Waals surface area contributed by atoms with Crippen LogP contribution in [0.4, 0.5) is 5.69 Å². The van der Waals surface area contributed by atoms with Gasteiger partial charge in [0, 0.05) is 19.0 Å². The first-order chi connectivity index (χ1) is 16.3. The van der Waals surface area contributed by atoms with Crippen LogP contribution in [0.25, 0.3) is 6.08 Å². The lowest BCUT2D eigenvalue weighted by molar-refractivity contribution is -0.385. The van der Waals surface area contributed by atoms with Gasteiger partial charge in [0.25, 0.3) is 11.6 Å². The predicted molar refractivity (Wildman–Crippen MR) is 124 cm³/mol. The first-order valence-corrected chi connectivity index (χ1v) is 10.8. The number of carboxylic acids is 1. The van der Waals surface area contributed by atoms with Crippen molar-refractivity contribution < 1.29 is 29.5 Å². The molecular formula is C25H24N2O7. The number of aliphatic hydroxyl groups is 1. The van der Waals surface area contributed by atoms with Gasteiger partial charge in [0.1, 0.15) is 0 Å². The predicted octanol–water partition coefficient (Wildman–Crippen LogP) is 4.22. The first-order valence-electron chi connectivity index (χ1n) is 10.8. The Bertz CT molecular complexity index is 1150. The van der Waals surface area contributed by atoms with E-state index in [1.807, 2.05) is 6.07 Å². The van der Waals surface area contributed by atoms with Crippen molar-refractivity contribution >= 4 is 29.4 Å². The molecule has 0 saturated heterocycles. The van der Waals surface area contributed by atoms with Crippen molar-refractivity contribution in [3.05, 3.63) is 93.2 Å². The molecule has 0 spiro atoms. The van der Waals surface area contributed by atoms with Gasteiger partial charge in [-0.15, -0.1) is 0 Å². The number of ketones is 1. The fraction of sp³-hybridized carbons (Fsp3) is 0.240. The monoisotopic (exact) mass is 464 g/mol. The van der Waals surface area contributed by atoms with Crippen molar-refractivity contribution in [1.82, 2.24) is 4.90 Å². The van der Waals surface area contributed by atoms with E-state index in [-0.39, 0.29) is 29.8 Å². The van der Waals surface area contributed by atoms with Gasteiger partial charge in [0.2, 0.25) is 0 Å². The Kier molecular flexibility index (Phi) is 7.92. The van der Waals surface area contributed by atoms with Gasteiger partial charge in [0.05, 0.1) is 22.1 Å². The lowest BCUT2D eigenvalue weighted by atomic mass is 9.94. The van der Waals surface area contributed by atoms with E-state index < -0.39 is 34.4 Å². The summed E-state index contributed by atoms with van der Waals surface area (Å²) < 4.78 is 0. The fourth-order valence-electron chi connectivity index (χ4n) is 3.91. The Labute approximate surface area is 195 Å². The van der Waals surface area contributed by atoms with Crippen molar-refractivity contribution in [3.8, 4) is 0 Å². The summed E-state index contributed by atoms with van der Waals surface area (Å²) in [6.45, 7) is 0.0956. The van der Waals surface area contributed by atoms with E-state index in [2.05, 4.69) is 0 Å². The van der Waals surface area contributed by atoms with Gasteiger partial charge in [-0.25, -0.2) is 0 Å². The standard InChI is InChI=1S/C25H24N2O7/c28-20(15-14-17-9-3-1-4-10-17)22-23(18-11-6-7-12-19(18)27(33)34)26(25(32)24(22)31)16-8-2-5-13-21(29)30/h1,3-4,6-7,9-12,14-15,23,31H,2,5,8,13,16H2,(H,29,30)/b15-14+/t23-/m0/s1. The molecule has 0 aliphatic carbocycles. The normalized spacial score (nSPS) is 15.8. The molecule has 0 fully saturated rings. The van der Waals surface area contributed by atoms with E-state index in [0.29, 0.717) is 19.3 Å². The van der Waals surface area contributed by atoms with Gasteiger partial charge in [-0.1, -0.05) is 55.0 Å². The maximum atomic E-state index is 13.1. The van der Waals surface area contributed by atoms with Crippen molar-refractivity contribution in [3.63, 3.8) is 0 Å². The second-order valence-electron chi connectivity index (χ2n) is 7.79. The Morgan fingerprint density at radius 3 is 2.38 bits per heavy atom. The highest BCUT2D eigenvalue weighted by Crippen LogP contribution is 2.41. The van der Waals surface area contributed by atoms with E-state index in [4.69, 9.17) is 5.11 Å². The Balaban J connectivity index is 1.94. The van der Waals surface area contributed by atoms with Gasteiger partial charge in [-0.3, -0.25) is 24.5 Å². The molecule has 1 aliphatic rings. The van der Waals surface area contributed by atoms with Crippen LogP contribution in [0.15, 0.2) is 72.0 Å². The molecule has 0 unspecified atom stereocenters. The maximum absolute atomic E-state index is 13.1. The van der Waals surface area contributed by atoms with Crippen LogP contribution in [-0.2, 0) is 14.4 Å². The highest BCUT2D eigenvalue weighted by molar-refractivity contribution is 6.14. The largest absolute Gasteiger partial charge is 0.503 e. The van der Waals surface area contributed by atoms with Gasteiger partial charge in [-0.05, 0) is 30.5 Å². The number of nitro benzene ring substituents is 1.